The second-order valence-corrected chi connectivity index (χ2v) is 6.05. The van der Waals surface area contributed by atoms with Crippen LogP contribution in [0.4, 0.5) is 11.4 Å². The Bertz CT molecular complexity index is 596. The number of anilines is 2. The molecule has 1 fully saturated rings. The Kier molecular flexibility index (Phi) is 3.63. The molecule has 1 aromatic carbocycles. The molecule has 0 spiro atoms. The number of carbonyl (C=O) groups is 1. The van der Waals surface area contributed by atoms with Crippen molar-refractivity contribution in [1.82, 2.24) is 5.32 Å². The summed E-state index contributed by atoms with van der Waals surface area (Å²) < 4.78 is 22.3. The molecule has 0 saturated heterocycles. The Hall–Kier alpha value is -1.80. The summed E-state index contributed by atoms with van der Waals surface area (Å²) in [6.45, 7) is 0.0927. The Morgan fingerprint density at radius 3 is 2.58 bits per heavy atom. The Morgan fingerprint density at radius 1 is 1.37 bits per heavy atom. The zero-order valence-corrected chi connectivity index (χ0v) is 11.0. The highest BCUT2D eigenvalue weighted by atomic mass is 32.2. The molecule has 0 aliphatic heterocycles. The van der Waals surface area contributed by atoms with E-state index in [1.165, 1.54) is 18.2 Å². The first-order valence-electron chi connectivity index (χ1n) is 5.82. The maximum Gasteiger partial charge on any atom is 0.239 e. The average molecular weight is 284 g/mol. The lowest BCUT2D eigenvalue weighted by Crippen LogP contribution is -2.31. The van der Waals surface area contributed by atoms with E-state index in [1.54, 1.807) is 0 Å². The second-order valence-electron chi connectivity index (χ2n) is 4.49. The summed E-state index contributed by atoms with van der Waals surface area (Å²) in [7, 11) is -3.77. The van der Waals surface area contributed by atoms with Gasteiger partial charge in [0, 0.05) is 6.04 Å². The lowest BCUT2D eigenvalue weighted by molar-refractivity contribution is -0.119. The minimum atomic E-state index is -3.77. The third-order valence-electron chi connectivity index (χ3n) is 2.73. The SMILES string of the molecule is Nc1cc(S(N)(=O)=O)ccc1NCC(=O)NC1CC1. The first-order chi connectivity index (χ1) is 8.86. The molecule has 0 heterocycles. The number of sulfonamides is 1. The molecule has 0 bridgehead atoms. The number of carbonyl (C=O) groups excluding carboxylic acids is 1. The van der Waals surface area contributed by atoms with Gasteiger partial charge in [-0.15, -0.1) is 0 Å². The van der Waals surface area contributed by atoms with Crippen molar-refractivity contribution >= 4 is 27.3 Å². The summed E-state index contributed by atoms with van der Waals surface area (Å²) in [6.07, 6.45) is 2.05. The fourth-order valence-electron chi connectivity index (χ4n) is 1.56. The molecule has 7 nitrogen and oxygen atoms in total. The van der Waals surface area contributed by atoms with E-state index >= 15 is 0 Å². The number of nitrogen functional groups attached to an aromatic ring is 1. The summed E-state index contributed by atoms with van der Waals surface area (Å²) in [5.74, 6) is -0.113. The molecule has 6 N–H and O–H groups in total. The van der Waals surface area contributed by atoms with Crippen LogP contribution in [-0.4, -0.2) is 26.9 Å². The third-order valence-corrected chi connectivity index (χ3v) is 3.64. The Labute approximate surface area is 111 Å². The van der Waals surface area contributed by atoms with E-state index in [-0.39, 0.29) is 23.0 Å². The smallest absolute Gasteiger partial charge is 0.239 e. The standard InChI is InChI=1S/C11H16N4O3S/c12-9-5-8(19(13,17)18)3-4-10(9)14-6-11(16)15-7-1-2-7/h3-5,7,14H,1-2,6,12H2,(H,15,16)(H2,13,17,18). The van der Waals surface area contributed by atoms with Gasteiger partial charge in [-0.05, 0) is 31.0 Å². The minimum absolute atomic E-state index is 0.0574. The molecule has 1 aromatic rings. The predicted molar refractivity (Wildman–Crippen MR) is 71.9 cm³/mol. The van der Waals surface area contributed by atoms with Crippen LogP contribution in [0.2, 0.25) is 0 Å². The van der Waals surface area contributed by atoms with Crippen molar-refractivity contribution in [2.75, 3.05) is 17.6 Å². The van der Waals surface area contributed by atoms with Crippen molar-refractivity contribution in [1.29, 1.82) is 0 Å². The Balaban J connectivity index is 1.98. The molecule has 0 radical (unpaired) electrons. The highest BCUT2D eigenvalue weighted by Gasteiger charge is 2.22. The number of primary sulfonamides is 1. The van der Waals surface area contributed by atoms with Gasteiger partial charge in [-0.1, -0.05) is 0 Å². The zero-order chi connectivity index (χ0) is 14.0. The van der Waals surface area contributed by atoms with Gasteiger partial charge in [0.15, 0.2) is 0 Å². The normalized spacial score (nSPS) is 15.0. The molecule has 0 aromatic heterocycles. The van der Waals surface area contributed by atoms with Crippen LogP contribution >= 0.6 is 0 Å². The summed E-state index contributed by atoms with van der Waals surface area (Å²) in [6, 6.07) is 4.39. The van der Waals surface area contributed by atoms with Gasteiger partial charge >= 0.3 is 0 Å². The molecule has 1 amide bonds. The maximum atomic E-state index is 11.5. The van der Waals surface area contributed by atoms with E-state index in [1.807, 2.05) is 0 Å². The first-order valence-corrected chi connectivity index (χ1v) is 7.36. The molecule has 0 unspecified atom stereocenters. The summed E-state index contributed by atoms with van der Waals surface area (Å²) in [5.41, 5.74) is 6.43. The molecular formula is C11H16N4O3S. The largest absolute Gasteiger partial charge is 0.397 e. The highest BCUT2D eigenvalue weighted by Crippen LogP contribution is 2.22. The van der Waals surface area contributed by atoms with Crippen molar-refractivity contribution in [3.05, 3.63) is 18.2 Å². The van der Waals surface area contributed by atoms with Gasteiger partial charge in [0.2, 0.25) is 15.9 Å². The molecular weight excluding hydrogens is 268 g/mol. The average Bonchev–Trinajstić information content (AvgIpc) is 3.10. The van der Waals surface area contributed by atoms with Crippen LogP contribution in [0.15, 0.2) is 23.1 Å². The lowest BCUT2D eigenvalue weighted by atomic mass is 10.2. The number of benzene rings is 1. The van der Waals surface area contributed by atoms with Crippen molar-refractivity contribution in [2.24, 2.45) is 5.14 Å². The number of rotatable bonds is 5. The van der Waals surface area contributed by atoms with Gasteiger partial charge in [-0.2, -0.15) is 0 Å². The first kappa shape index (κ1) is 13.6. The van der Waals surface area contributed by atoms with E-state index < -0.39 is 10.0 Å². The van der Waals surface area contributed by atoms with Crippen LogP contribution in [0, 0.1) is 0 Å². The van der Waals surface area contributed by atoms with Crippen LogP contribution in [0.3, 0.4) is 0 Å². The van der Waals surface area contributed by atoms with Crippen LogP contribution in [0.25, 0.3) is 0 Å². The van der Waals surface area contributed by atoms with Crippen LogP contribution < -0.4 is 21.5 Å². The molecule has 1 aliphatic carbocycles. The van der Waals surface area contributed by atoms with Gasteiger partial charge in [0.25, 0.3) is 0 Å². The summed E-state index contributed by atoms with van der Waals surface area (Å²) in [5, 5.41) is 10.7. The minimum Gasteiger partial charge on any atom is -0.397 e. The molecule has 1 aliphatic rings. The van der Waals surface area contributed by atoms with Gasteiger partial charge in [0.1, 0.15) is 0 Å². The summed E-state index contributed by atoms with van der Waals surface area (Å²) >= 11 is 0. The molecule has 104 valence electrons. The summed E-state index contributed by atoms with van der Waals surface area (Å²) in [4.78, 5) is 11.4. The number of hydrogen-bond acceptors (Lipinski definition) is 5. The van der Waals surface area contributed by atoms with Crippen LogP contribution in [0.1, 0.15) is 12.8 Å². The van der Waals surface area contributed by atoms with Crippen molar-refractivity contribution in [2.45, 2.75) is 23.8 Å². The second kappa shape index (κ2) is 5.06. The van der Waals surface area contributed by atoms with Gasteiger partial charge in [-0.25, -0.2) is 13.6 Å². The van der Waals surface area contributed by atoms with E-state index in [9.17, 15) is 13.2 Å². The maximum absolute atomic E-state index is 11.5. The Morgan fingerprint density at radius 2 is 2.05 bits per heavy atom. The van der Waals surface area contributed by atoms with Crippen molar-refractivity contribution < 1.29 is 13.2 Å². The monoisotopic (exact) mass is 284 g/mol. The third kappa shape index (κ3) is 3.83. The molecule has 0 atom stereocenters. The number of nitrogens with one attached hydrogen (secondary N) is 2. The lowest BCUT2D eigenvalue weighted by Gasteiger charge is -2.10. The fourth-order valence-corrected chi connectivity index (χ4v) is 2.11. The number of amides is 1. The van der Waals surface area contributed by atoms with E-state index in [4.69, 9.17) is 10.9 Å². The molecule has 8 heteroatoms. The van der Waals surface area contributed by atoms with E-state index in [0.717, 1.165) is 12.8 Å². The quantitative estimate of drug-likeness (QED) is 0.547. The van der Waals surface area contributed by atoms with Gasteiger partial charge in [-0.3, -0.25) is 4.79 Å². The fraction of sp³-hybridized carbons (Fsp3) is 0.364. The number of nitrogens with two attached hydrogens (primary N) is 2. The zero-order valence-electron chi connectivity index (χ0n) is 10.2. The van der Waals surface area contributed by atoms with Crippen molar-refractivity contribution in [3.63, 3.8) is 0 Å². The van der Waals surface area contributed by atoms with E-state index in [2.05, 4.69) is 10.6 Å². The van der Waals surface area contributed by atoms with E-state index in [0.29, 0.717) is 11.7 Å². The highest BCUT2D eigenvalue weighted by molar-refractivity contribution is 7.89. The van der Waals surface area contributed by atoms with Gasteiger partial charge < -0.3 is 16.4 Å². The van der Waals surface area contributed by atoms with Crippen LogP contribution in [-0.2, 0) is 14.8 Å². The van der Waals surface area contributed by atoms with Crippen LogP contribution in [0.5, 0.6) is 0 Å². The molecule has 19 heavy (non-hydrogen) atoms. The van der Waals surface area contributed by atoms with Gasteiger partial charge in [0.05, 0.1) is 22.8 Å². The number of hydrogen-bond donors (Lipinski definition) is 4. The molecule has 1 saturated carbocycles. The predicted octanol–water partition coefficient (Wildman–Crippen LogP) is -0.393. The molecule has 2 rings (SSSR count). The topological polar surface area (TPSA) is 127 Å². The van der Waals surface area contributed by atoms with Crippen molar-refractivity contribution in [3.8, 4) is 0 Å².